The molecule has 0 aromatic heterocycles. The van der Waals surface area contributed by atoms with Crippen molar-refractivity contribution >= 4 is 5.97 Å². The maximum absolute atomic E-state index is 10.5. The van der Waals surface area contributed by atoms with E-state index >= 15 is 0 Å². The van der Waals surface area contributed by atoms with E-state index in [9.17, 15) is 13.2 Å². The number of piperidine rings is 1. The fourth-order valence-electron chi connectivity index (χ4n) is 2.24. The van der Waals surface area contributed by atoms with Crippen molar-refractivity contribution in [1.82, 2.24) is 5.32 Å². The number of nitrogens with two attached hydrogens (primary N) is 1. The summed E-state index contributed by atoms with van der Waals surface area (Å²) in [5.41, 5.74) is 0.693. The second-order valence-electron chi connectivity index (χ2n) is 4.64. The van der Waals surface area contributed by atoms with Crippen LogP contribution in [0.2, 0.25) is 0 Å². The fourth-order valence-corrected chi connectivity index (χ4v) is 2.24. The minimum atomic E-state index is -5.19. The normalized spacial score (nSPS) is 32.4. The van der Waals surface area contributed by atoms with E-state index in [-0.39, 0.29) is 0 Å². The van der Waals surface area contributed by atoms with E-state index in [1.165, 1.54) is 32.5 Å². The van der Waals surface area contributed by atoms with Crippen LogP contribution in [0.5, 0.6) is 0 Å². The highest BCUT2D eigenvalue weighted by Gasteiger charge is 2.46. The molecule has 2 saturated heterocycles. The third-order valence-corrected chi connectivity index (χ3v) is 3.54. The van der Waals surface area contributed by atoms with Crippen LogP contribution in [0.25, 0.3) is 0 Å². The molecule has 2 unspecified atom stereocenters. The summed E-state index contributed by atoms with van der Waals surface area (Å²) in [5, 5.41) is 14.7. The Kier molecular flexibility index (Phi) is 4.37. The molecule has 7 heteroatoms. The van der Waals surface area contributed by atoms with Gasteiger partial charge < -0.3 is 20.5 Å². The van der Waals surface area contributed by atoms with Gasteiger partial charge in [-0.15, -0.1) is 0 Å². The van der Waals surface area contributed by atoms with Gasteiger partial charge in [-0.1, -0.05) is 0 Å². The number of rotatable bonds is 0. The van der Waals surface area contributed by atoms with Crippen molar-refractivity contribution in [3.05, 3.63) is 0 Å². The molecule has 0 amide bonds. The summed E-state index contributed by atoms with van der Waals surface area (Å²) in [6.45, 7) is 6.31. The molecule has 0 aromatic rings. The zero-order chi connectivity index (χ0) is 13.1. The van der Waals surface area contributed by atoms with E-state index in [0.717, 1.165) is 6.04 Å². The van der Waals surface area contributed by atoms with Crippen LogP contribution in [0.3, 0.4) is 0 Å². The quantitative estimate of drug-likeness (QED) is 0.560. The SMILES string of the molecule is CC1NCC12CCC[NH2+]C2.O=C([O-])C(F)(F)F. The van der Waals surface area contributed by atoms with Gasteiger partial charge in [0.2, 0.25) is 0 Å². The molecule has 2 aliphatic rings. The maximum atomic E-state index is 10.5. The van der Waals surface area contributed by atoms with Gasteiger partial charge in [0.25, 0.3) is 0 Å². The van der Waals surface area contributed by atoms with Crippen LogP contribution >= 0.6 is 0 Å². The van der Waals surface area contributed by atoms with Gasteiger partial charge >= 0.3 is 6.18 Å². The predicted molar refractivity (Wildman–Crippen MR) is 51.9 cm³/mol. The van der Waals surface area contributed by atoms with Gasteiger partial charge in [0.1, 0.15) is 5.97 Å². The van der Waals surface area contributed by atoms with Crippen LogP contribution in [-0.2, 0) is 4.79 Å². The van der Waals surface area contributed by atoms with Crippen molar-refractivity contribution in [1.29, 1.82) is 0 Å². The summed E-state index contributed by atoms with van der Waals surface area (Å²) < 4.78 is 31.5. The lowest BCUT2D eigenvalue weighted by Gasteiger charge is -2.49. The molecule has 2 atom stereocenters. The first-order valence-corrected chi connectivity index (χ1v) is 5.61. The lowest BCUT2D eigenvalue weighted by Crippen LogP contribution is -2.92. The van der Waals surface area contributed by atoms with Crippen molar-refractivity contribution in [2.45, 2.75) is 32.0 Å². The molecule has 0 bridgehead atoms. The van der Waals surface area contributed by atoms with Crippen molar-refractivity contribution in [3.63, 3.8) is 0 Å². The minimum Gasteiger partial charge on any atom is -0.542 e. The first-order chi connectivity index (χ1) is 7.78. The maximum Gasteiger partial charge on any atom is 0.430 e. The molecular formula is C10H17F3N2O2. The number of carboxylic acid groups (broad SMARTS) is 1. The Hall–Kier alpha value is -0.820. The number of nitrogens with one attached hydrogen (secondary N) is 1. The second-order valence-corrected chi connectivity index (χ2v) is 4.64. The average Bonchev–Trinajstić information content (AvgIpc) is 2.28. The number of quaternary nitrogens is 1. The van der Waals surface area contributed by atoms with Crippen LogP contribution in [0, 0.1) is 5.41 Å². The first kappa shape index (κ1) is 14.2. The molecule has 1 spiro atoms. The highest BCUT2D eigenvalue weighted by atomic mass is 19.4. The molecule has 2 rings (SSSR count). The third kappa shape index (κ3) is 3.57. The summed E-state index contributed by atoms with van der Waals surface area (Å²) in [6, 6.07) is 0.782. The van der Waals surface area contributed by atoms with E-state index in [2.05, 4.69) is 17.6 Å². The van der Waals surface area contributed by atoms with Crippen LogP contribution in [0.4, 0.5) is 13.2 Å². The van der Waals surface area contributed by atoms with Crippen molar-refractivity contribution in [3.8, 4) is 0 Å². The van der Waals surface area contributed by atoms with Crippen molar-refractivity contribution < 1.29 is 28.4 Å². The molecule has 0 saturated carbocycles. The minimum absolute atomic E-state index is 0.693. The first-order valence-electron chi connectivity index (χ1n) is 5.61. The van der Waals surface area contributed by atoms with Gasteiger partial charge in [0, 0.05) is 18.0 Å². The van der Waals surface area contributed by atoms with E-state index in [1.54, 1.807) is 0 Å². The number of carbonyl (C=O) groups is 1. The van der Waals surface area contributed by atoms with Gasteiger partial charge in [-0.2, -0.15) is 13.2 Å². The van der Waals surface area contributed by atoms with Crippen LogP contribution in [-0.4, -0.2) is 37.8 Å². The van der Waals surface area contributed by atoms with Gasteiger partial charge in [0.05, 0.1) is 13.1 Å². The van der Waals surface area contributed by atoms with Crippen LogP contribution < -0.4 is 15.7 Å². The molecule has 3 N–H and O–H groups in total. The lowest BCUT2D eigenvalue weighted by atomic mass is 9.69. The topological polar surface area (TPSA) is 68.8 Å². The number of halogens is 3. The third-order valence-electron chi connectivity index (χ3n) is 3.54. The van der Waals surface area contributed by atoms with Crippen LogP contribution in [0.15, 0.2) is 0 Å². The molecule has 0 aliphatic carbocycles. The number of carbonyl (C=O) groups excluding carboxylic acids is 1. The molecule has 2 fully saturated rings. The van der Waals surface area contributed by atoms with E-state index in [0.29, 0.717) is 5.41 Å². The summed E-state index contributed by atoms with van der Waals surface area (Å²) in [5.74, 6) is -3.01. The summed E-state index contributed by atoms with van der Waals surface area (Å²) in [6.07, 6.45) is -2.32. The van der Waals surface area contributed by atoms with E-state index in [1.807, 2.05) is 0 Å². The Balaban J connectivity index is 0.000000185. The van der Waals surface area contributed by atoms with Crippen LogP contribution in [0.1, 0.15) is 19.8 Å². The molecular weight excluding hydrogens is 237 g/mol. The zero-order valence-electron chi connectivity index (χ0n) is 9.64. The second kappa shape index (κ2) is 5.22. The molecule has 17 heavy (non-hydrogen) atoms. The van der Waals surface area contributed by atoms with Crippen molar-refractivity contribution in [2.75, 3.05) is 19.6 Å². The number of carboxylic acids is 1. The van der Waals surface area contributed by atoms with Gasteiger partial charge in [0.15, 0.2) is 0 Å². The van der Waals surface area contributed by atoms with Gasteiger partial charge in [-0.3, -0.25) is 0 Å². The molecule has 2 heterocycles. The van der Waals surface area contributed by atoms with Gasteiger partial charge in [-0.25, -0.2) is 0 Å². The molecule has 0 radical (unpaired) electrons. The average molecular weight is 254 g/mol. The molecule has 0 aromatic carbocycles. The highest BCUT2D eigenvalue weighted by Crippen LogP contribution is 2.33. The Morgan fingerprint density at radius 2 is 2.12 bits per heavy atom. The Morgan fingerprint density at radius 1 is 1.53 bits per heavy atom. The fraction of sp³-hybridized carbons (Fsp3) is 0.900. The summed E-state index contributed by atoms with van der Waals surface area (Å²) in [7, 11) is 0. The summed E-state index contributed by atoms with van der Waals surface area (Å²) in [4.78, 5) is 8.78. The number of aliphatic carboxylic acids is 1. The van der Waals surface area contributed by atoms with Crippen molar-refractivity contribution in [2.24, 2.45) is 5.41 Å². The standard InChI is InChI=1S/C8H16N2.C2HF3O2/c1-7-8(6-10-7)3-2-4-9-5-8;3-2(4,5)1(6)7/h7,9-10H,2-6H2,1H3;(H,6,7). The Bertz CT molecular complexity index is 275. The molecule has 100 valence electrons. The number of hydrogen-bond donors (Lipinski definition) is 2. The molecule has 2 aliphatic heterocycles. The Morgan fingerprint density at radius 3 is 2.29 bits per heavy atom. The largest absolute Gasteiger partial charge is 0.542 e. The lowest BCUT2D eigenvalue weighted by molar-refractivity contribution is -0.679. The summed E-state index contributed by atoms with van der Waals surface area (Å²) >= 11 is 0. The Labute approximate surface area is 97.6 Å². The zero-order valence-corrected chi connectivity index (χ0v) is 9.64. The monoisotopic (exact) mass is 254 g/mol. The number of hydrogen-bond acceptors (Lipinski definition) is 3. The highest BCUT2D eigenvalue weighted by molar-refractivity contribution is 5.70. The predicted octanol–water partition coefficient (Wildman–Crippen LogP) is -1.38. The molecule has 4 nitrogen and oxygen atoms in total. The van der Waals surface area contributed by atoms with E-state index < -0.39 is 12.1 Å². The van der Waals surface area contributed by atoms with E-state index in [4.69, 9.17) is 9.90 Å². The smallest absolute Gasteiger partial charge is 0.430 e. The van der Waals surface area contributed by atoms with Gasteiger partial charge in [-0.05, 0) is 19.8 Å². The number of alkyl halides is 3.